The Hall–Kier alpha value is -1.33. The number of ether oxygens (including phenoxy) is 3. The summed E-state index contributed by atoms with van der Waals surface area (Å²) in [4.78, 5) is 12.4. The van der Waals surface area contributed by atoms with Crippen LogP contribution in [0.25, 0.3) is 0 Å². The van der Waals surface area contributed by atoms with Gasteiger partial charge in [0.2, 0.25) is 0 Å². The topological polar surface area (TPSA) is 146 Å². The molecule has 12 atom stereocenters. The van der Waals surface area contributed by atoms with Crippen LogP contribution in [0.15, 0.2) is 24.3 Å². The van der Waals surface area contributed by atoms with Gasteiger partial charge in [0.1, 0.15) is 30.5 Å². The van der Waals surface area contributed by atoms with Gasteiger partial charge in [-0.05, 0) is 24.3 Å². The molecule has 9 heteroatoms. The molecule has 0 amide bonds. The van der Waals surface area contributed by atoms with Crippen LogP contribution in [0.5, 0.6) is 0 Å². The largest absolute Gasteiger partial charge is 0.461 e. The maximum atomic E-state index is 12.4. The SMILES string of the molecule is C=C1[C@@H]2[C@H]3OC(=O)[C@@H](C)[C@@H]3[C@@H](O[C@@H]3O[C@H](CO)[C@@H](O)[C@H](O)[C@H]3O)CC(=C)[C@@H]2C[C@@H]1O. The van der Waals surface area contributed by atoms with Crippen molar-refractivity contribution in [2.24, 2.45) is 23.7 Å². The lowest BCUT2D eigenvalue weighted by molar-refractivity contribution is -0.316. The molecule has 9 nitrogen and oxygen atoms in total. The fourth-order valence-corrected chi connectivity index (χ4v) is 5.52. The highest BCUT2D eigenvalue weighted by molar-refractivity contribution is 5.75. The highest BCUT2D eigenvalue weighted by atomic mass is 16.7. The molecular formula is C21H30O9. The van der Waals surface area contributed by atoms with E-state index in [2.05, 4.69) is 13.2 Å². The molecule has 2 saturated heterocycles. The summed E-state index contributed by atoms with van der Waals surface area (Å²) in [7, 11) is 0. The number of esters is 1. The van der Waals surface area contributed by atoms with Gasteiger partial charge in [-0.2, -0.15) is 0 Å². The van der Waals surface area contributed by atoms with Crippen LogP contribution in [0, 0.1) is 23.7 Å². The molecule has 0 aromatic carbocycles. The van der Waals surface area contributed by atoms with Crippen LogP contribution >= 0.6 is 0 Å². The number of carbonyl (C=O) groups excluding carboxylic acids is 1. The smallest absolute Gasteiger partial charge is 0.309 e. The maximum absolute atomic E-state index is 12.4. The van der Waals surface area contributed by atoms with E-state index in [1.54, 1.807) is 6.92 Å². The van der Waals surface area contributed by atoms with E-state index in [0.29, 0.717) is 18.4 Å². The number of carbonyl (C=O) groups is 1. The van der Waals surface area contributed by atoms with Crippen LogP contribution in [0.2, 0.25) is 0 Å². The summed E-state index contributed by atoms with van der Waals surface area (Å²) >= 11 is 0. The first-order chi connectivity index (χ1) is 14.1. The summed E-state index contributed by atoms with van der Waals surface area (Å²) < 4.78 is 17.3. The van der Waals surface area contributed by atoms with Gasteiger partial charge in [-0.1, -0.05) is 25.7 Å². The van der Waals surface area contributed by atoms with Crippen molar-refractivity contribution in [3.8, 4) is 0 Å². The first-order valence-corrected chi connectivity index (χ1v) is 10.4. The molecule has 0 aromatic rings. The van der Waals surface area contributed by atoms with Crippen LogP contribution in [-0.4, -0.2) is 87.1 Å². The zero-order chi connectivity index (χ0) is 21.9. The molecule has 168 valence electrons. The molecule has 2 heterocycles. The van der Waals surface area contributed by atoms with Crippen molar-refractivity contribution in [2.45, 2.75) is 68.8 Å². The van der Waals surface area contributed by atoms with Gasteiger partial charge < -0.3 is 39.7 Å². The Morgan fingerprint density at radius 2 is 1.83 bits per heavy atom. The third kappa shape index (κ3) is 3.33. The monoisotopic (exact) mass is 426 g/mol. The summed E-state index contributed by atoms with van der Waals surface area (Å²) in [5, 5.41) is 50.2. The van der Waals surface area contributed by atoms with Gasteiger partial charge in [-0.3, -0.25) is 4.79 Å². The Labute approximate surface area is 174 Å². The fourth-order valence-electron chi connectivity index (χ4n) is 5.52. The molecule has 0 radical (unpaired) electrons. The van der Waals surface area contributed by atoms with Crippen LogP contribution in [-0.2, 0) is 19.0 Å². The first kappa shape index (κ1) is 21.9. The van der Waals surface area contributed by atoms with E-state index in [4.69, 9.17) is 14.2 Å². The number of hydrogen-bond acceptors (Lipinski definition) is 9. The minimum Gasteiger partial charge on any atom is -0.461 e. The third-order valence-electron chi connectivity index (χ3n) is 7.28. The van der Waals surface area contributed by atoms with Crippen molar-refractivity contribution < 1.29 is 44.5 Å². The lowest BCUT2D eigenvalue weighted by Gasteiger charge is -2.42. The van der Waals surface area contributed by atoms with E-state index < -0.39 is 67.5 Å². The molecule has 4 rings (SSSR count). The minimum absolute atomic E-state index is 0.110. The Morgan fingerprint density at radius 3 is 2.50 bits per heavy atom. The summed E-state index contributed by atoms with van der Waals surface area (Å²) in [6.07, 6.45) is -8.06. The first-order valence-electron chi connectivity index (χ1n) is 10.4. The molecule has 0 spiro atoms. The molecule has 4 aliphatic rings. The van der Waals surface area contributed by atoms with Gasteiger partial charge in [0.15, 0.2) is 6.29 Å². The van der Waals surface area contributed by atoms with Crippen LogP contribution in [0.3, 0.4) is 0 Å². The van der Waals surface area contributed by atoms with E-state index in [-0.39, 0.29) is 17.8 Å². The second-order valence-electron chi connectivity index (χ2n) is 8.96. The molecule has 0 aromatic heterocycles. The fraction of sp³-hybridized carbons (Fsp3) is 0.762. The Morgan fingerprint density at radius 1 is 1.13 bits per heavy atom. The van der Waals surface area contributed by atoms with Gasteiger partial charge >= 0.3 is 5.97 Å². The van der Waals surface area contributed by atoms with E-state index in [1.807, 2.05) is 0 Å². The molecule has 2 saturated carbocycles. The van der Waals surface area contributed by atoms with Crippen LogP contribution in [0.4, 0.5) is 0 Å². The van der Waals surface area contributed by atoms with Gasteiger partial charge in [0.25, 0.3) is 0 Å². The van der Waals surface area contributed by atoms with Crippen molar-refractivity contribution >= 4 is 5.97 Å². The number of aliphatic hydroxyl groups is 5. The minimum atomic E-state index is -1.56. The Kier molecular flexibility index (Phi) is 5.82. The zero-order valence-electron chi connectivity index (χ0n) is 16.8. The molecule has 0 bridgehead atoms. The predicted octanol–water partition coefficient (Wildman–Crippen LogP) is -1.14. The van der Waals surface area contributed by atoms with E-state index >= 15 is 0 Å². The number of rotatable bonds is 3. The Balaban J connectivity index is 1.62. The van der Waals surface area contributed by atoms with Crippen LogP contribution < -0.4 is 0 Å². The van der Waals surface area contributed by atoms with Crippen LogP contribution in [0.1, 0.15) is 19.8 Å². The summed E-state index contributed by atoms with van der Waals surface area (Å²) in [5.41, 5.74) is 1.44. The number of fused-ring (bicyclic) bond motifs is 3. The molecule has 0 unspecified atom stereocenters. The van der Waals surface area contributed by atoms with Crippen molar-refractivity contribution in [3.05, 3.63) is 24.3 Å². The quantitative estimate of drug-likeness (QED) is 0.279. The highest BCUT2D eigenvalue weighted by Crippen LogP contribution is 2.53. The maximum Gasteiger partial charge on any atom is 0.309 e. The summed E-state index contributed by atoms with van der Waals surface area (Å²) in [6, 6.07) is 0. The van der Waals surface area contributed by atoms with Gasteiger partial charge in [-0.15, -0.1) is 0 Å². The number of hydrogen-bond donors (Lipinski definition) is 5. The standard InChI is InChI=1S/C21H30O9/c1-7-4-12(28-21-18(26)17(25)16(24)13(6-22)29-21)15-9(3)20(27)30-19(15)14-8(2)11(23)5-10(7)14/h9-19,21-26H,1-2,4-6H2,3H3/t9-,10-,11-,12-,13+,14-,15+,16+,17-,18+,19+,21+/m0/s1. The predicted molar refractivity (Wildman–Crippen MR) is 102 cm³/mol. The molecule has 30 heavy (non-hydrogen) atoms. The van der Waals surface area contributed by atoms with Gasteiger partial charge in [-0.25, -0.2) is 0 Å². The molecular weight excluding hydrogens is 396 g/mol. The number of aliphatic hydroxyl groups excluding tert-OH is 5. The average molecular weight is 426 g/mol. The van der Waals surface area contributed by atoms with Gasteiger partial charge in [0.05, 0.1) is 24.7 Å². The molecule has 2 aliphatic heterocycles. The van der Waals surface area contributed by atoms with Crippen molar-refractivity contribution in [2.75, 3.05) is 6.61 Å². The van der Waals surface area contributed by atoms with Crippen molar-refractivity contribution in [1.82, 2.24) is 0 Å². The molecule has 2 aliphatic carbocycles. The second kappa shape index (κ2) is 7.98. The van der Waals surface area contributed by atoms with E-state index in [0.717, 1.165) is 5.57 Å². The van der Waals surface area contributed by atoms with E-state index in [9.17, 15) is 30.3 Å². The zero-order valence-corrected chi connectivity index (χ0v) is 16.8. The normalized spacial score (nSPS) is 51.3. The summed E-state index contributed by atoms with van der Waals surface area (Å²) in [5.74, 6) is -1.65. The van der Waals surface area contributed by atoms with Gasteiger partial charge in [0, 0.05) is 11.8 Å². The Bertz CT molecular complexity index is 721. The molecule has 4 fully saturated rings. The lowest BCUT2D eigenvalue weighted by atomic mass is 9.79. The second-order valence-corrected chi connectivity index (χ2v) is 8.96. The average Bonchev–Trinajstić information content (AvgIpc) is 3.13. The van der Waals surface area contributed by atoms with Crippen molar-refractivity contribution in [1.29, 1.82) is 0 Å². The van der Waals surface area contributed by atoms with E-state index in [1.165, 1.54) is 0 Å². The lowest BCUT2D eigenvalue weighted by Crippen LogP contribution is -2.60. The third-order valence-corrected chi connectivity index (χ3v) is 7.28. The highest BCUT2D eigenvalue weighted by Gasteiger charge is 2.58. The summed E-state index contributed by atoms with van der Waals surface area (Å²) in [6.45, 7) is 9.38. The van der Waals surface area contributed by atoms with Crippen molar-refractivity contribution in [3.63, 3.8) is 0 Å². The molecule has 5 N–H and O–H groups in total.